The first-order chi connectivity index (χ1) is 20.3. The highest BCUT2D eigenvalue weighted by Gasteiger charge is 2.32. The van der Waals surface area contributed by atoms with Gasteiger partial charge >= 0.3 is 18.2 Å². The molecule has 0 saturated carbocycles. The fraction of sp³-hybridized carbons (Fsp3) is 0.467. The predicted octanol–water partition coefficient (Wildman–Crippen LogP) is 7.09. The Morgan fingerprint density at radius 3 is 2.20 bits per heavy atom. The number of hydrogen-bond donors (Lipinski definition) is 1. The van der Waals surface area contributed by atoms with Gasteiger partial charge in [-0.05, 0) is 56.4 Å². The van der Waals surface area contributed by atoms with Crippen LogP contribution in [0.15, 0.2) is 47.3 Å². The van der Waals surface area contributed by atoms with Crippen molar-refractivity contribution in [3.8, 4) is 5.69 Å². The lowest BCUT2D eigenvalue weighted by molar-refractivity contribution is -0.142. The predicted molar refractivity (Wildman–Crippen MR) is 169 cm³/mol. The molecule has 0 bridgehead atoms. The molecule has 1 heterocycles. The molecule has 3 rings (SSSR count). The lowest BCUT2D eigenvalue weighted by Gasteiger charge is -2.31. The molecule has 3 aromatic rings. The van der Waals surface area contributed by atoms with E-state index in [9.17, 15) is 27.6 Å². The first kappa shape index (κ1) is 37.4. The zero-order valence-electron chi connectivity index (χ0n) is 25.4. The molecule has 44 heavy (non-hydrogen) atoms. The fourth-order valence-corrected chi connectivity index (χ4v) is 4.53. The minimum Gasteiger partial charge on any atom is -0.465 e. The van der Waals surface area contributed by atoms with Crippen LogP contribution in [-0.4, -0.2) is 43.0 Å². The molecule has 14 heteroatoms. The second-order valence-electron chi connectivity index (χ2n) is 11.4. The summed E-state index contributed by atoms with van der Waals surface area (Å²) >= 11 is 15.4. The van der Waals surface area contributed by atoms with Crippen molar-refractivity contribution in [1.29, 1.82) is 0 Å². The summed E-state index contributed by atoms with van der Waals surface area (Å²) in [5.74, 6) is -1.90. The molecule has 8 nitrogen and oxygen atoms in total. The zero-order valence-corrected chi connectivity index (χ0v) is 28.5. The summed E-state index contributed by atoms with van der Waals surface area (Å²) in [5, 5.41) is 5.61. The smallest absolute Gasteiger partial charge is 0.355 e. The highest BCUT2D eigenvalue weighted by molar-refractivity contribution is 9.10. The third kappa shape index (κ3) is 9.58. The lowest BCUT2D eigenvalue weighted by Crippen LogP contribution is -2.47. The number of carbonyl (C=O) groups excluding carboxylic acids is 2. The minimum absolute atomic E-state index is 0.0244. The summed E-state index contributed by atoms with van der Waals surface area (Å²) < 4.78 is 45.5. The van der Waals surface area contributed by atoms with Crippen molar-refractivity contribution in [2.24, 2.45) is 5.41 Å². The Kier molecular flexibility index (Phi) is 13.1. The van der Waals surface area contributed by atoms with Gasteiger partial charge in [0.1, 0.15) is 16.9 Å². The number of amides is 1. The molecule has 2 unspecified atom stereocenters. The van der Waals surface area contributed by atoms with E-state index in [-0.39, 0.29) is 61.4 Å². The monoisotopic (exact) mass is 722 g/mol. The molecule has 0 saturated heterocycles. The Morgan fingerprint density at radius 1 is 1.11 bits per heavy atom. The average molecular weight is 724 g/mol. The molecule has 1 aromatic heterocycles. The van der Waals surface area contributed by atoms with Crippen molar-refractivity contribution in [2.75, 3.05) is 6.61 Å². The average Bonchev–Trinajstić information content (AvgIpc) is 3.23. The molecule has 2 aromatic carbocycles. The summed E-state index contributed by atoms with van der Waals surface area (Å²) in [6.45, 7) is 9.97. The molecule has 0 fully saturated rings. The number of aromatic nitrogens is 3. The summed E-state index contributed by atoms with van der Waals surface area (Å²) in [6.07, 6.45) is -0.115. The maximum absolute atomic E-state index is 14.2. The second kappa shape index (κ2) is 15.4. The fourth-order valence-electron chi connectivity index (χ4n) is 3.96. The van der Waals surface area contributed by atoms with Gasteiger partial charge in [0.15, 0.2) is 5.82 Å². The van der Waals surface area contributed by atoms with Crippen LogP contribution in [0.3, 0.4) is 0 Å². The largest absolute Gasteiger partial charge is 0.465 e. The number of carbonyl (C=O) groups is 2. The Hall–Kier alpha value is -2.83. The van der Waals surface area contributed by atoms with Crippen molar-refractivity contribution < 1.29 is 27.5 Å². The number of nitrogens with zero attached hydrogens (tertiary/aromatic N) is 3. The molecule has 2 atom stereocenters. The molecule has 0 radical (unpaired) electrons. The zero-order chi connectivity index (χ0) is 33.6. The number of benzene rings is 2. The first-order valence-corrected chi connectivity index (χ1v) is 15.3. The number of halogens is 6. The molecule has 0 aliphatic heterocycles. The second-order valence-corrected chi connectivity index (χ2v) is 13.3. The van der Waals surface area contributed by atoms with Crippen LogP contribution in [0, 0.1) is 18.2 Å². The normalized spacial score (nSPS) is 13.1. The SMILES string of the molecule is CC(C)(NC(=O)C(Br)C(C)(C)C)c1ccccc1.CCOC(=O)C(Cl)Cc1cc(-n2nc(C)n(C(F)F)c2=O)c(F)cc1Cl. The van der Waals surface area contributed by atoms with E-state index >= 15 is 0 Å². The summed E-state index contributed by atoms with van der Waals surface area (Å²) in [6, 6.07) is 12.0. The molecule has 1 amide bonds. The van der Waals surface area contributed by atoms with Crippen LogP contribution in [0.4, 0.5) is 13.2 Å². The third-order valence-corrected chi connectivity index (χ3v) is 8.86. The van der Waals surface area contributed by atoms with Gasteiger partial charge in [0.05, 0.1) is 17.0 Å². The van der Waals surface area contributed by atoms with Gasteiger partial charge in [-0.2, -0.15) is 13.5 Å². The maximum atomic E-state index is 14.2. The number of ether oxygens (including phenoxy) is 1. The van der Waals surface area contributed by atoms with E-state index in [0.29, 0.717) is 4.68 Å². The van der Waals surface area contributed by atoms with Crippen LogP contribution >= 0.6 is 39.1 Å². The molecule has 0 aliphatic rings. The van der Waals surface area contributed by atoms with Gasteiger partial charge in [-0.1, -0.05) is 78.6 Å². The van der Waals surface area contributed by atoms with Gasteiger partial charge in [-0.15, -0.1) is 16.7 Å². The van der Waals surface area contributed by atoms with Crippen LogP contribution < -0.4 is 11.0 Å². The molecular weight excluding hydrogens is 688 g/mol. The van der Waals surface area contributed by atoms with Gasteiger partial charge in [0, 0.05) is 11.4 Å². The third-order valence-electron chi connectivity index (χ3n) is 6.38. The van der Waals surface area contributed by atoms with Crippen molar-refractivity contribution >= 4 is 51.0 Å². The van der Waals surface area contributed by atoms with Crippen LogP contribution in [0.5, 0.6) is 0 Å². The number of alkyl halides is 4. The highest BCUT2D eigenvalue weighted by atomic mass is 79.9. The van der Waals surface area contributed by atoms with Crippen molar-refractivity contribution in [3.05, 3.63) is 80.7 Å². The van der Waals surface area contributed by atoms with Crippen molar-refractivity contribution in [3.63, 3.8) is 0 Å². The lowest BCUT2D eigenvalue weighted by atomic mass is 9.89. The summed E-state index contributed by atoms with van der Waals surface area (Å²) in [5.41, 5.74) is -0.728. The quantitative estimate of drug-likeness (QED) is 0.188. The Bertz CT molecular complexity index is 1510. The van der Waals surface area contributed by atoms with E-state index in [1.54, 1.807) is 6.92 Å². The highest BCUT2D eigenvalue weighted by Crippen LogP contribution is 2.28. The van der Waals surface area contributed by atoms with E-state index in [1.807, 2.05) is 65.0 Å². The van der Waals surface area contributed by atoms with E-state index < -0.39 is 29.4 Å². The minimum atomic E-state index is -3.12. The van der Waals surface area contributed by atoms with Gasteiger partial charge in [-0.3, -0.25) is 9.59 Å². The molecule has 0 spiro atoms. The van der Waals surface area contributed by atoms with Gasteiger partial charge in [0.2, 0.25) is 5.91 Å². The number of aryl methyl sites for hydroxylation is 1. The number of nitrogens with one attached hydrogen (secondary N) is 1. The Balaban J connectivity index is 0.000000329. The van der Waals surface area contributed by atoms with Crippen LogP contribution in [0.25, 0.3) is 5.69 Å². The van der Waals surface area contributed by atoms with E-state index in [0.717, 1.165) is 17.7 Å². The number of esters is 1. The molecule has 242 valence electrons. The summed E-state index contributed by atoms with van der Waals surface area (Å²) in [7, 11) is 0. The number of hydrogen-bond acceptors (Lipinski definition) is 5. The molecule has 0 aliphatic carbocycles. The molecular formula is C30H36BrCl2F3N4O4. The standard InChI is InChI=1S/C15H22BrNO.C15H14Cl2F3N3O3/c1-14(2,3)12(16)13(18)17-15(4,5)11-9-7-6-8-10-11;1-3-26-13(24)10(17)4-8-5-12(11(18)6-9(8)16)23-15(25)22(14(19)20)7(2)21-23/h6-10,12H,1-5H3,(H,17,18);5-6,10,14H,3-4H2,1-2H3. The van der Waals surface area contributed by atoms with Gasteiger partial charge < -0.3 is 10.1 Å². The van der Waals surface area contributed by atoms with Crippen molar-refractivity contribution in [1.82, 2.24) is 19.7 Å². The van der Waals surface area contributed by atoms with Gasteiger partial charge in [0.25, 0.3) is 0 Å². The summed E-state index contributed by atoms with van der Waals surface area (Å²) in [4.78, 5) is 35.7. The van der Waals surface area contributed by atoms with Crippen molar-refractivity contribution in [2.45, 2.75) is 77.2 Å². The Morgan fingerprint density at radius 2 is 1.70 bits per heavy atom. The van der Waals surface area contributed by atoms with Crippen LogP contribution in [0.1, 0.15) is 65.0 Å². The number of rotatable bonds is 9. The van der Waals surface area contributed by atoms with Gasteiger partial charge in [-0.25, -0.2) is 13.8 Å². The maximum Gasteiger partial charge on any atom is 0.355 e. The Labute approximate surface area is 273 Å². The first-order valence-electron chi connectivity index (χ1n) is 13.6. The topological polar surface area (TPSA) is 95.2 Å². The van der Waals surface area contributed by atoms with E-state index in [2.05, 4.69) is 26.3 Å². The van der Waals surface area contributed by atoms with Crippen LogP contribution in [-0.2, 0) is 26.3 Å². The van der Waals surface area contributed by atoms with E-state index in [1.165, 1.54) is 6.92 Å². The van der Waals surface area contributed by atoms with E-state index in [4.69, 9.17) is 27.9 Å². The van der Waals surface area contributed by atoms with Crippen LogP contribution in [0.2, 0.25) is 5.02 Å². The molecule has 1 N–H and O–H groups in total.